The molecule has 0 aromatic heterocycles. The molecule has 0 atom stereocenters. The lowest BCUT2D eigenvalue weighted by atomic mass is 10.2. The van der Waals surface area contributed by atoms with Gasteiger partial charge in [-0.1, -0.05) is 43.3 Å². The fourth-order valence-electron chi connectivity index (χ4n) is 1.93. The Morgan fingerprint density at radius 3 is 2.45 bits per heavy atom. The molecule has 2 rings (SSSR count). The Bertz CT molecular complexity index is 528. The lowest BCUT2D eigenvalue weighted by Crippen LogP contribution is -2.12. The summed E-state index contributed by atoms with van der Waals surface area (Å²) in [5, 5.41) is 3.45. The van der Waals surface area contributed by atoms with Crippen LogP contribution in [0.3, 0.4) is 0 Å². The Balaban J connectivity index is 1.85. The van der Waals surface area contributed by atoms with Crippen molar-refractivity contribution < 1.29 is 4.74 Å². The van der Waals surface area contributed by atoms with Crippen LogP contribution in [-0.2, 0) is 13.1 Å². The fraction of sp³-hybridized carbons (Fsp3) is 0.294. The molecule has 2 aromatic rings. The Labute approximate surface area is 129 Å². The van der Waals surface area contributed by atoms with E-state index in [4.69, 9.17) is 4.74 Å². The van der Waals surface area contributed by atoms with Crippen molar-refractivity contribution in [1.82, 2.24) is 5.32 Å². The van der Waals surface area contributed by atoms with Gasteiger partial charge in [-0.05, 0) is 45.6 Å². The molecule has 0 amide bonds. The van der Waals surface area contributed by atoms with Crippen LogP contribution in [0.5, 0.6) is 5.75 Å². The van der Waals surface area contributed by atoms with Crippen LogP contribution in [0, 0.1) is 0 Å². The van der Waals surface area contributed by atoms with Crippen molar-refractivity contribution in [3.8, 4) is 5.75 Å². The van der Waals surface area contributed by atoms with Crippen LogP contribution >= 0.6 is 15.9 Å². The highest BCUT2D eigenvalue weighted by Crippen LogP contribution is 2.26. The van der Waals surface area contributed by atoms with E-state index in [1.165, 1.54) is 11.1 Å². The highest BCUT2D eigenvalue weighted by atomic mass is 79.9. The van der Waals surface area contributed by atoms with E-state index in [1.807, 2.05) is 12.1 Å². The molecule has 0 saturated heterocycles. The molecule has 0 saturated carbocycles. The van der Waals surface area contributed by atoms with Gasteiger partial charge in [-0.25, -0.2) is 0 Å². The van der Waals surface area contributed by atoms with Gasteiger partial charge in [0.15, 0.2) is 0 Å². The van der Waals surface area contributed by atoms with Crippen LogP contribution in [0.4, 0.5) is 0 Å². The zero-order valence-corrected chi connectivity index (χ0v) is 13.3. The second-order valence-electron chi connectivity index (χ2n) is 4.70. The molecule has 0 fully saturated rings. The summed E-state index contributed by atoms with van der Waals surface area (Å²) in [5.74, 6) is 0.915. The minimum Gasteiger partial charge on any atom is -0.492 e. The third-order valence-electron chi connectivity index (χ3n) is 2.96. The van der Waals surface area contributed by atoms with Crippen molar-refractivity contribution in [2.24, 2.45) is 0 Å². The molecule has 0 bridgehead atoms. The normalized spacial score (nSPS) is 10.5. The summed E-state index contributed by atoms with van der Waals surface area (Å²) in [7, 11) is 0. The van der Waals surface area contributed by atoms with Gasteiger partial charge in [-0.2, -0.15) is 0 Å². The molecule has 0 radical (unpaired) electrons. The minimum atomic E-state index is 0.754. The summed E-state index contributed by atoms with van der Waals surface area (Å²) in [6.45, 7) is 4.59. The van der Waals surface area contributed by atoms with Crippen LogP contribution in [0.25, 0.3) is 0 Å². The molecule has 0 heterocycles. The summed E-state index contributed by atoms with van der Waals surface area (Å²) < 4.78 is 6.67. The topological polar surface area (TPSA) is 21.3 Å². The molecular formula is C17H20BrNO. The SMILES string of the molecule is CCCOc1ccc(CNCc2ccccc2)cc1Br. The van der Waals surface area contributed by atoms with Crippen LogP contribution in [-0.4, -0.2) is 6.61 Å². The number of benzene rings is 2. The minimum absolute atomic E-state index is 0.754. The molecule has 3 heteroatoms. The van der Waals surface area contributed by atoms with Crippen molar-refractivity contribution in [3.63, 3.8) is 0 Å². The van der Waals surface area contributed by atoms with Crippen molar-refractivity contribution in [2.45, 2.75) is 26.4 Å². The van der Waals surface area contributed by atoms with Crippen molar-refractivity contribution in [3.05, 3.63) is 64.1 Å². The first-order valence-corrected chi connectivity index (χ1v) is 7.74. The van der Waals surface area contributed by atoms with E-state index < -0.39 is 0 Å². The van der Waals surface area contributed by atoms with Crippen molar-refractivity contribution >= 4 is 15.9 Å². The average Bonchev–Trinajstić information content (AvgIpc) is 2.47. The van der Waals surface area contributed by atoms with Gasteiger partial charge < -0.3 is 10.1 Å². The number of halogens is 1. The van der Waals surface area contributed by atoms with Gasteiger partial charge in [-0.3, -0.25) is 0 Å². The number of hydrogen-bond donors (Lipinski definition) is 1. The van der Waals surface area contributed by atoms with Gasteiger partial charge in [0, 0.05) is 13.1 Å². The maximum Gasteiger partial charge on any atom is 0.133 e. The van der Waals surface area contributed by atoms with Gasteiger partial charge in [0.05, 0.1) is 11.1 Å². The van der Waals surface area contributed by atoms with E-state index >= 15 is 0 Å². The predicted octanol–water partition coefficient (Wildman–Crippen LogP) is 4.53. The van der Waals surface area contributed by atoms with E-state index in [2.05, 4.69) is 64.6 Å². The lowest BCUT2D eigenvalue weighted by Gasteiger charge is -2.10. The largest absolute Gasteiger partial charge is 0.492 e. The molecule has 0 unspecified atom stereocenters. The van der Waals surface area contributed by atoms with Crippen LogP contribution in [0.2, 0.25) is 0 Å². The Morgan fingerprint density at radius 1 is 1.00 bits per heavy atom. The van der Waals surface area contributed by atoms with E-state index in [0.717, 1.165) is 36.3 Å². The molecule has 0 aliphatic rings. The Kier molecular flexibility index (Phi) is 6.09. The van der Waals surface area contributed by atoms with Gasteiger partial charge in [-0.15, -0.1) is 0 Å². The number of rotatable bonds is 7. The van der Waals surface area contributed by atoms with Crippen LogP contribution in [0.15, 0.2) is 53.0 Å². The molecule has 106 valence electrons. The zero-order valence-electron chi connectivity index (χ0n) is 11.7. The molecule has 1 N–H and O–H groups in total. The first-order chi connectivity index (χ1) is 9.79. The van der Waals surface area contributed by atoms with Gasteiger partial charge >= 0.3 is 0 Å². The summed E-state index contributed by atoms with van der Waals surface area (Å²) in [5.41, 5.74) is 2.55. The third-order valence-corrected chi connectivity index (χ3v) is 3.58. The zero-order chi connectivity index (χ0) is 14.2. The number of hydrogen-bond acceptors (Lipinski definition) is 2. The Hall–Kier alpha value is -1.32. The fourth-order valence-corrected chi connectivity index (χ4v) is 2.47. The average molecular weight is 334 g/mol. The smallest absolute Gasteiger partial charge is 0.133 e. The summed E-state index contributed by atoms with van der Waals surface area (Å²) >= 11 is 3.56. The monoisotopic (exact) mass is 333 g/mol. The molecular weight excluding hydrogens is 314 g/mol. The second-order valence-corrected chi connectivity index (χ2v) is 5.56. The molecule has 2 nitrogen and oxygen atoms in total. The predicted molar refractivity (Wildman–Crippen MR) is 86.9 cm³/mol. The highest BCUT2D eigenvalue weighted by Gasteiger charge is 2.02. The van der Waals surface area contributed by atoms with Gasteiger partial charge in [0.1, 0.15) is 5.75 Å². The van der Waals surface area contributed by atoms with E-state index in [1.54, 1.807) is 0 Å². The maximum atomic E-state index is 5.65. The summed E-state index contributed by atoms with van der Waals surface area (Å²) in [6, 6.07) is 16.7. The quantitative estimate of drug-likeness (QED) is 0.803. The first-order valence-electron chi connectivity index (χ1n) is 6.95. The summed E-state index contributed by atoms with van der Waals surface area (Å²) in [6.07, 6.45) is 1.02. The van der Waals surface area contributed by atoms with Crippen molar-refractivity contribution in [1.29, 1.82) is 0 Å². The molecule has 20 heavy (non-hydrogen) atoms. The Morgan fingerprint density at radius 2 is 1.75 bits per heavy atom. The maximum absolute atomic E-state index is 5.65. The highest BCUT2D eigenvalue weighted by molar-refractivity contribution is 9.10. The third kappa shape index (κ3) is 4.66. The van der Waals surface area contributed by atoms with E-state index in [0.29, 0.717) is 0 Å². The number of nitrogens with one attached hydrogen (secondary N) is 1. The summed E-state index contributed by atoms with van der Waals surface area (Å²) in [4.78, 5) is 0. The van der Waals surface area contributed by atoms with Gasteiger partial charge in [0.2, 0.25) is 0 Å². The van der Waals surface area contributed by atoms with E-state index in [9.17, 15) is 0 Å². The lowest BCUT2D eigenvalue weighted by molar-refractivity contribution is 0.315. The first kappa shape index (κ1) is 15.1. The van der Waals surface area contributed by atoms with Crippen LogP contribution < -0.4 is 10.1 Å². The molecule has 0 aliphatic heterocycles. The molecule has 0 spiro atoms. The molecule has 2 aromatic carbocycles. The van der Waals surface area contributed by atoms with Crippen LogP contribution in [0.1, 0.15) is 24.5 Å². The number of ether oxygens (including phenoxy) is 1. The van der Waals surface area contributed by atoms with Gasteiger partial charge in [0.25, 0.3) is 0 Å². The van der Waals surface area contributed by atoms with E-state index in [-0.39, 0.29) is 0 Å². The second kappa shape index (κ2) is 8.08. The molecule has 0 aliphatic carbocycles. The van der Waals surface area contributed by atoms with Crippen molar-refractivity contribution in [2.75, 3.05) is 6.61 Å². The standard InChI is InChI=1S/C17H20BrNO/c1-2-10-20-17-9-8-15(11-16(17)18)13-19-12-14-6-4-3-5-7-14/h3-9,11,19H,2,10,12-13H2,1H3.